The number of hydrogen-bond acceptors (Lipinski definition) is 2. The summed E-state index contributed by atoms with van der Waals surface area (Å²) in [5.74, 6) is -0.899. The van der Waals surface area contributed by atoms with Gasteiger partial charge in [-0.15, -0.1) is 0 Å². The lowest BCUT2D eigenvalue weighted by Crippen LogP contribution is -2.17. The molecule has 4 nitrogen and oxygen atoms in total. The highest BCUT2D eigenvalue weighted by Crippen LogP contribution is 2.31. The third kappa shape index (κ3) is 1.23. The average Bonchev–Trinajstić information content (AvgIpc) is 2.45. The van der Waals surface area contributed by atoms with Crippen molar-refractivity contribution in [1.29, 1.82) is 0 Å². The predicted molar refractivity (Wildman–Crippen MR) is 52.4 cm³/mol. The van der Waals surface area contributed by atoms with Crippen LogP contribution in [0.2, 0.25) is 0 Å². The van der Waals surface area contributed by atoms with Gasteiger partial charge >= 0.3 is 5.97 Å². The summed E-state index contributed by atoms with van der Waals surface area (Å²) in [5, 5.41) is 8.93. The van der Waals surface area contributed by atoms with Crippen molar-refractivity contribution in [2.45, 2.75) is 32.2 Å². The summed E-state index contributed by atoms with van der Waals surface area (Å²) in [7, 11) is 0. The second-order valence-corrected chi connectivity index (χ2v) is 3.82. The first-order valence-electron chi connectivity index (χ1n) is 4.81. The van der Waals surface area contributed by atoms with Gasteiger partial charge in [-0.25, -0.2) is 4.79 Å². The fourth-order valence-corrected chi connectivity index (χ4v) is 2.23. The number of rotatable bonds is 1. The van der Waals surface area contributed by atoms with Gasteiger partial charge in [0.05, 0.1) is 0 Å². The number of H-pyrrole nitrogens is 1. The minimum absolute atomic E-state index is 0.00287. The summed E-state index contributed by atoms with van der Waals surface area (Å²) in [6.07, 6.45) is 2.90. The van der Waals surface area contributed by atoms with Crippen LogP contribution in [-0.2, 0) is 6.42 Å². The molecule has 0 aliphatic heterocycles. The Hall–Kier alpha value is -1.29. The molecule has 1 aliphatic carbocycles. The minimum Gasteiger partial charge on any atom is -0.477 e. The molecule has 1 heterocycles. The van der Waals surface area contributed by atoms with E-state index in [-0.39, 0.29) is 6.04 Å². The minimum atomic E-state index is -0.899. The monoisotopic (exact) mass is 194 g/mol. The lowest BCUT2D eigenvalue weighted by Gasteiger charge is -2.19. The fraction of sp³-hybridized carbons (Fsp3) is 0.500. The van der Waals surface area contributed by atoms with Gasteiger partial charge in [0, 0.05) is 11.7 Å². The molecule has 0 aromatic carbocycles. The van der Waals surface area contributed by atoms with E-state index in [1.54, 1.807) is 0 Å². The van der Waals surface area contributed by atoms with Crippen molar-refractivity contribution in [3.63, 3.8) is 0 Å². The fourth-order valence-electron chi connectivity index (χ4n) is 2.23. The highest BCUT2D eigenvalue weighted by Gasteiger charge is 2.25. The maximum Gasteiger partial charge on any atom is 0.352 e. The van der Waals surface area contributed by atoms with Crippen molar-refractivity contribution in [3.8, 4) is 0 Å². The van der Waals surface area contributed by atoms with Gasteiger partial charge in [-0.2, -0.15) is 0 Å². The van der Waals surface area contributed by atoms with E-state index in [4.69, 9.17) is 10.8 Å². The van der Waals surface area contributed by atoms with Crippen molar-refractivity contribution >= 4 is 5.97 Å². The molecule has 0 saturated heterocycles. The number of aromatic amines is 1. The van der Waals surface area contributed by atoms with Crippen LogP contribution in [0.5, 0.6) is 0 Å². The molecule has 2 rings (SSSR count). The Labute approximate surface area is 82.1 Å². The van der Waals surface area contributed by atoms with Crippen LogP contribution in [0, 0.1) is 6.92 Å². The van der Waals surface area contributed by atoms with Gasteiger partial charge < -0.3 is 15.8 Å². The standard InChI is InChI=1S/C10H14N2O2/c1-5-8-6(11)3-2-4-7(8)12-9(5)10(13)14/h6,12H,2-4,11H2,1H3,(H,13,14). The predicted octanol–water partition coefficient (Wildman–Crippen LogP) is 1.36. The number of carboxylic acid groups (broad SMARTS) is 1. The third-order valence-corrected chi connectivity index (χ3v) is 2.91. The van der Waals surface area contributed by atoms with Crippen LogP contribution in [0.4, 0.5) is 0 Å². The first-order valence-corrected chi connectivity index (χ1v) is 4.81. The molecule has 1 aliphatic rings. The molecule has 1 unspecified atom stereocenters. The van der Waals surface area contributed by atoms with E-state index in [1.807, 2.05) is 6.92 Å². The molecule has 4 N–H and O–H groups in total. The lowest BCUT2D eigenvalue weighted by atomic mass is 9.91. The van der Waals surface area contributed by atoms with Crippen molar-refractivity contribution in [3.05, 3.63) is 22.5 Å². The molecule has 1 aromatic rings. The lowest BCUT2D eigenvalue weighted by molar-refractivity contribution is 0.0690. The molecular weight excluding hydrogens is 180 g/mol. The Bertz CT molecular complexity index is 382. The smallest absolute Gasteiger partial charge is 0.352 e. The summed E-state index contributed by atoms with van der Waals surface area (Å²) in [6.45, 7) is 1.82. The quantitative estimate of drug-likeness (QED) is 0.631. The highest BCUT2D eigenvalue weighted by atomic mass is 16.4. The zero-order valence-electron chi connectivity index (χ0n) is 8.13. The van der Waals surface area contributed by atoms with E-state index in [0.29, 0.717) is 5.69 Å². The number of aryl methyl sites for hydroxylation is 1. The second kappa shape index (κ2) is 3.13. The van der Waals surface area contributed by atoms with Crippen LogP contribution in [-0.4, -0.2) is 16.1 Å². The van der Waals surface area contributed by atoms with Gasteiger partial charge in [-0.1, -0.05) is 0 Å². The van der Waals surface area contributed by atoms with Crippen LogP contribution in [0.25, 0.3) is 0 Å². The molecule has 0 spiro atoms. The molecule has 1 atom stereocenters. The zero-order chi connectivity index (χ0) is 10.3. The van der Waals surface area contributed by atoms with Crippen molar-refractivity contribution < 1.29 is 9.90 Å². The van der Waals surface area contributed by atoms with Gasteiger partial charge in [-0.05, 0) is 37.3 Å². The molecule has 1 aromatic heterocycles. The Morgan fingerprint density at radius 3 is 2.93 bits per heavy atom. The normalized spacial score (nSPS) is 20.6. The molecule has 0 saturated carbocycles. The number of hydrogen-bond donors (Lipinski definition) is 3. The Morgan fingerprint density at radius 2 is 2.36 bits per heavy atom. The van der Waals surface area contributed by atoms with Gasteiger partial charge in [0.1, 0.15) is 5.69 Å². The first kappa shape index (κ1) is 9.27. The molecule has 76 valence electrons. The maximum atomic E-state index is 10.9. The molecule has 0 fully saturated rings. The average molecular weight is 194 g/mol. The van der Waals surface area contributed by atoms with Crippen molar-refractivity contribution in [2.24, 2.45) is 5.73 Å². The van der Waals surface area contributed by atoms with Crippen molar-refractivity contribution in [1.82, 2.24) is 4.98 Å². The van der Waals surface area contributed by atoms with E-state index >= 15 is 0 Å². The van der Waals surface area contributed by atoms with Crippen LogP contribution >= 0.6 is 0 Å². The summed E-state index contributed by atoms with van der Waals surface area (Å²) in [4.78, 5) is 13.8. The Balaban J connectivity index is 2.55. The van der Waals surface area contributed by atoms with Crippen LogP contribution in [0.3, 0.4) is 0 Å². The SMILES string of the molecule is Cc1c(C(=O)O)[nH]c2c1C(N)CCC2. The van der Waals surface area contributed by atoms with Crippen LogP contribution in [0.1, 0.15) is 46.2 Å². The third-order valence-electron chi connectivity index (χ3n) is 2.91. The maximum absolute atomic E-state index is 10.9. The van der Waals surface area contributed by atoms with Crippen molar-refractivity contribution in [2.75, 3.05) is 0 Å². The van der Waals surface area contributed by atoms with E-state index in [2.05, 4.69) is 4.98 Å². The Morgan fingerprint density at radius 1 is 1.64 bits per heavy atom. The number of fused-ring (bicyclic) bond motifs is 1. The number of aromatic nitrogens is 1. The number of nitrogens with one attached hydrogen (secondary N) is 1. The number of carboxylic acids is 1. The molecular formula is C10H14N2O2. The summed E-state index contributed by atoms with van der Waals surface area (Å²) >= 11 is 0. The van der Waals surface area contributed by atoms with E-state index in [9.17, 15) is 4.79 Å². The van der Waals surface area contributed by atoms with Gasteiger partial charge in [0.15, 0.2) is 0 Å². The largest absolute Gasteiger partial charge is 0.477 e. The molecule has 4 heteroatoms. The second-order valence-electron chi connectivity index (χ2n) is 3.82. The summed E-state index contributed by atoms with van der Waals surface area (Å²) in [6, 6.07) is 0.00287. The van der Waals surface area contributed by atoms with Crippen LogP contribution < -0.4 is 5.73 Å². The van der Waals surface area contributed by atoms with E-state index in [1.165, 1.54) is 0 Å². The van der Waals surface area contributed by atoms with Gasteiger partial charge in [0.25, 0.3) is 0 Å². The molecule has 0 amide bonds. The highest BCUT2D eigenvalue weighted by molar-refractivity contribution is 5.88. The zero-order valence-corrected chi connectivity index (χ0v) is 8.13. The number of nitrogens with two attached hydrogens (primary N) is 1. The number of carbonyl (C=O) groups is 1. The van der Waals surface area contributed by atoms with E-state index in [0.717, 1.165) is 36.1 Å². The topological polar surface area (TPSA) is 79.1 Å². The molecule has 14 heavy (non-hydrogen) atoms. The van der Waals surface area contributed by atoms with E-state index < -0.39 is 5.97 Å². The van der Waals surface area contributed by atoms with Gasteiger partial charge in [-0.3, -0.25) is 0 Å². The first-order chi connectivity index (χ1) is 6.61. The Kier molecular flexibility index (Phi) is 2.07. The van der Waals surface area contributed by atoms with Crippen LogP contribution in [0.15, 0.2) is 0 Å². The molecule has 0 bridgehead atoms. The summed E-state index contributed by atoms with van der Waals surface area (Å²) < 4.78 is 0. The number of aromatic carboxylic acids is 1. The molecule has 0 radical (unpaired) electrons. The summed E-state index contributed by atoms with van der Waals surface area (Å²) in [5.41, 5.74) is 9.09. The van der Waals surface area contributed by atoms with Gasteiger partial charge in [0.2, 0.25) is 0 Å².